The molecule has 0 spiro atoms. The zero-order chi connectivity index (χ0) is 45.3. The molecule has 0 amide bonds. The standard InChI is InChI=1S/C38H54O3.C18H20O2/c1-34(2,3)27-22-25(14-16-31(27)39)38(13,26-15-17-32(40)28(23-26)35(4,5)6)19-18-24-20-29(36(7,8)9)33(41)30(21-24)37(10,11)12;19-16-8-4-14(5-9-16)18(12-2-1-3-13-18)15-6-10-17(20)11-7-15/h14-17,20-23,39-41H,18-19H2,1-13H3;4-11,19-20H,1-3,12-13H2. The summed E-state index contributed by atoms with van der Waals surface area (Å²) in [5.41, 5.74) is 8.60. The van der Waals surface area contributed by atoms with Crippen LogP contribution in [0.4, 0.5) is 0 Å². The molecule has 0 atom stereocenters. The Morgan fingerprint density at radius 2 is 0.787 bits per heavy atom. The van der Waals surface area contributed by atoms with Gasteiger partial charge in [0.2, 0.25) is 0 Å². The zero-order valence-electron chi connectivity index (χ0n) is 39.4. The maximum atomic E-state index is 11.3. The third kappa shape index (κ3) is 10.6. The van der Waals surface area contributed by atoms with Crippen molar-refractivity contribution in [1.29, 1.82) is 0 Å². The lowest BCUT2D eigenvalue weighted by atomic mass is 9.65. The van der Waals surface area contributed by atoms with Crippen molar-refractivity contribution in [1.82, 2.24) is 0 Å². The quantitative estimate of drug-likeness (QED) is 0.112. The first-order valence-electron chi connectivity index (χ1n) is 22.3. The SMILES string of the molecule is CC(C)(C)c1cc(C(C)(CCc2cc(C(C)(C)C)c(O)c(C(C)(C)C)c2)c2ccc(O)c(C(C)(C)C)c2)ccc1O.Oc1ccc(C2(c3ccc(O)cc3)CCCCC2)cc1. The first kappa shape index (κ1) is 47.2. The molecule has 0 unspecified atom stereocenters. The van der Waals surface area contributed by atoms with Crippen molar-refractivity contribution in [3.05, 3.63) is 147 Å². The molecule has 61 heavy (non-hydrogen) atoms. The number of phenolic OH excluding ortho intramolecular Hbond substituents is 5. The van der Waals surface area contributed by atoms with Gasteiger partial charge in [0.25, 0.3) is 0 Å². The molecule has 0 saturated heterocycles. The minimum Gasteiger partial charge on any atom is -0.508 e. The van der Waals surface area contributed by atoms with Gasteiger partial charge in [-0.2, -0.15) is 0 Å². The van der Waals surface area contributed by atoms with E-state index in [-0.39, 0.29) is 27.1 Å². The summed E-state index contributed by atoms with van der Waals surface area (Å²) in [5.74, 6) is 1.65. The van der Waals surface area contributed by atoms with Crippen molar-refractivity contribution < 1.29 is 25.5 Å². The molecule has 5 nitrogen and oxygen atoms in total. The topological polar surface area (TPSA) is 101 Å². The molecule has 0 aromatic heterocycles. The summed E-state index contributed by atoms with van der Waals surface area (Å²) in [6, 6.07) is 31.7. The van der Waals surface area contributed by atoms with E-state index in [0.717, 1.165) is 59.1 Å². The molecule has 1 aliphatic carbocycles. The molecule has 1 saturated carbocycles. The van der Waals surface area contributed by atoms with Crippen LogP contribution in [-0.4, -0.2) is 25.5 Å². The second-order valence-electron chi connectivity index (χ2n) is 22.1. The number of hydrogen-bond acceptors (Lipinski definition) is 5. The molecule has 0 bridgehead atoms. The lowest BCUT2D eigenvalue weighted by molar-refractivity contribution is 0.345. The first-order valence-corrected chi connectivity index (χ1v) is 22.3. The highest BCUT2D eigenvalue weighted by atomic mass is 16.3. The predicted octanol–water partition coefficient (Wildman–Crippen LogP) is 14.3. The minimum atomic E-state index is -0.400. The van der Waals surface area contributed by atoms with E-state index in [2.05, 4.69) is 114 Å². The van der Waals surface area contributed by atoms with Crippen LogP contribution in [-0.2, 0) is 38.9 Å². The average Bonchev–Trinajstić information content (AvgIpc) is 3.17. The Morgan fingerprint density at radius 3 is 1.13 bits per heavy atom. The van der Waals surface area contributed by atoms with Crippen LogP contribution >= 0.6 is 0 Å². The number of benzene rings is 5. The summed E-state index contributed by atoms with van der Waals surface area (Å²) in [4.78, 5) is 0. The number of hydrogen-bond donors (Lipinski definition) is 5. The molecule has 5 aromatic rings. The number of rotatable bonds is 7. The molecular formula is C56H74O5. The van der Waals surface area contributed by atoms with E-state index in [1.165, 1.54) is 36.0 Å². The van der Waals surface area contributed by atoms with E-state index < -0.39 is 5.41 Å². The Balaban J connectivity index is 0.000000291. The van der Waals surface area contributed by atoms with E-state index in [0.29, 0.717) is 28.7 Å². The second-order valence-corrected chi connectivity index (χ2v) is 22.1. The predicted molar refractivity (Wildman–Crippen MR) is 254 cm³/mol. The average molecular weight is 827 g/mol. The maximum absolute atomic E-state index is 11.3. The summed E-state index contributed by atoms with van der Waals surface area (Å²) < 4.78 is 0. The van der Waals surface area contributed by atoms with Gasteiger partial charge in [0, 0.05) is 10.8 Å². The van der Waals surface area contributed by atoms with E-state index in [4.69, 9.17) is 0 Å². The molecule has 1 fully saturated rings. The van der Waals surface area contributed by atoms with Gasteiger partial charge in [0.1, 0.15) is 28.7 Å². The van der Waals surface area contributed by atoms with Crippen LogP contribution in [0.3, 0.4) is 0 Å². The lowest BCUT2D eigenvalue weighted by Gasteiger charge is -2.38. The van der Waals surface area contributed by atoms with E-state index in [1.54, 1.807) is 24.3 Å². The molecule has 5 N–H and O–H groups in total. The molecule has 0 aliphatic heterocycles. The minimum absolute atomic E-state index is 0.0274. The highest BCUT2D eigenvalue weighted by Gasteiger charge is 2.36. The zero-order valence-corrected chi connectivity index (χ0v) is 39.4. The lowest BCUT2D eigenvalue weighted by Crippen LogP contribution is -2.30. The van der Waals surface area contributed by atoms with E-state index in [9.17, 15) is 25.5 Å². The fourth-order valence-corrected chi connectivity index (χ4v) is 9.25. The van der Waals surface area contributed by atoms with Crippen molar-refractivity contribution in [3.8, 4) is 28.7 Å². The highest BCUT2D eigenvalue weighted by Crippen LogP contribution is 2.47. The number of aromatic hydroxyl groups is 5. The third-order valence-corrected chi connectivity index (χ3v) is 13.1. The van der Waals surface area contributed by atoms with Gasteiger partial charge in [-0.1, -0.05) is 170 Å². The van der Waals surface area contributed by atoms with Gasteiger partial charge < -0.3 is 25.5 Å². The van der Waals surface area contributed by atoms with Crippen LogP contribution in [0.25, 0.3) is 0 Å². The maximum Gasteiger partial charge on any atom is 0.123 e. The van der Waals surface area contributed by atoms with Gasteiger partial charge in [0.15, 0.2) is 0 Å². The van der Waals surface area contributed by atoms with Crippen molar-refractivity contribution in [2.75, 3.05) is 0 Å². The van der Waals surface area contributed by atoms with Gasteiger partial charge in [0.05, 0.1) is 0 Å². The fraction of sp³-hybridized carbons (Fsp3) is 0.464. The van der Waals surface area contributed by atoms with E-state index >= 15 is 0 Å². The van der Waals surface area contributed by atoms with Gasteiger partial charge in [-0.05, 0) is 134 Å². The van der Waals surface area contributed by atoms with Gasteiger partial charge >= 0.3 is 0 Å². The number of aryl methyl sites for hydroxylation is 1. The van der Waals surface area contributed by atoms with Gasteiger partial charge in [-0.3, -0.25) is 0 Å². The van der Waals surface area contributed by atoms with Crippen LogP contribution in [0.15, 0.2) is 97.1 Å². The Kier molecular flexibility index (Phi) is 13.5. The Hall–Kier alpha value is -4.90. The Labute approximate surface area is 367 Å². The summed E-state index contributed by atoms with van der Waals surface area (Å²) in [6.07, 6.45) is 7.61. The Bertz CT molecular complexity index is 2120. The van der Waals surface area contributed by atoms with Gasteiger partial charge in [-0.15, -0.1) is 0 Å². The molecule has 1 aliphatic rings. The van der Waals surface area contributed by atoms with E-state index in [1.807, 2.05) is 48.5 Å². The molecule has 0 radical (unpaired) electrons. The van der Waals surface area contributed by atoms with Crippen LogP contribution in [0.5, 0.6) is 28.7 Å². The summed E-state index contributed by atoms with van der Waals surface area (Å²) in [6.45, 7) is 27.9. The monoisotopic (exact) mass is 827 g/mol. The smallest absolute Gasteiger partial charge is 0.123 e. The molecule has 5 heteroatoms. The van der Waals surface area contributed by atoms with Crippen LogP contribution in [0.2, 0.25) is 0 Å². The molecule has 5 aromatic carbocycles. The van der Waals surface area contributed by atoms with Crippen LogP contribution in [0.1, 0.15) is 179 Å². The van der Waals surface area contributed by atoms with Crippen molar-refractivity contribution in [2.24, 2.45) is 0 Å². The molecule has 328 valence electrons. The normalized spacial score (nSPS) is 14.9. The summed E-state index contributed by atoms with van der Waals surface area (Å²) in [7, 11) is 0. The van der Waals surface area contributed by atoms with Crippen molar-refractivity contribution in [2.45, 2.75) is 167 Å². The summed E-state index contributed by atoms with van der Waals surface area (Å²) in [5, 5.41) is 51.9. The molecule has 6 rings (SSSR count). The van der Waals surface area contributed by atoms with Crippen molar-refractivity contribution >= 4 is 0 Å². The largest absolute Gasteiger partial charge is 0.508 e. The highest BCUT2D eigenvalue weighted by molar-refractivity contribution is 5.53. The first-order chi connectivity index (χ1) is 28.2. The molecule has 0 heterocycles. The number of phenols is 5. The van der Waals surface area contributed by atoms with Crippen LogP contribution in [0, 0.1) is 0 Å². The van der Waals surface area contributed by atoms with Crippen molar-refractivity contribution in [3.63, 3.8) is 0 Å². The second kappa shape index (κ2) is 17.5. The Morgan fingerprint density at radius 1 is 0.426 bits per heavy atom. The summed E-state index contributed by atoms with van der Waals surface area (Å²) >= 11 is 0. The third-order valence-electron chi connectivity index (χ3n) is 13.1. The molecular weight excluding hydrogens is 753 g/mol. The van der Waals surface area contributed by atoms with Crippen LogP contribution < -0.4 is 0 Å². The van der Waals surface area contributed by atoms with Gasteiger partial charge in [-0.25, -0.2) is 0 Å². The fourth-order valence-electron chi connectivity index (χ4n) is 9.25.